The van der Waals surface area contributed by atoms with Gasteiger partial charge >= 0.3 is 6.03 Å². The molecule has 2 heterocycles. The largest absolute Gasteiger partial charge is 0.497 e. The van der Waals surface area contributed by atoms with Crippen LogP contribution < -0.4 is 4.74 Å². The highest BCUT2D eigenvalue weighted by Crippen LogP contribution is 2.22. The van der Waals surface area contributed by atoms with Gasteiger partial charge in [-0.1, -0.05) is 12.1 Å². The van der Waals surface area contributed by atoms with Crippen LogP contribution in [0.25, 0.3) is 11.3 Å². The predicted octanol–water partition coefficient (Wildman–Crippen LogP) is 1.71. The molecule has 1 aromatic carbocycles. The third-order valence-electron chi connectivity index (χ3n) is 3.86. The lowest BCUT2D eigenvalue weighted by Gasteiger charge is -2.34. The monoisotopic (exact) mass is 316 g/mol. The zero-order valence-electron chi connectivity index (χ0n) is 13.3. The topological polar surface area (TPSA) is 59.8 Å². The predicted molar refractivity (Wildman–Crippen MR) is 85.2 cm³/mol. The lowest BCUT2D eigenvalue weighted by Crippen LogP contribution is -2.50. The number of aromatic nitrogens is 2. The van der Waals surface area contributed by atoms with Gasteiger partial charge in [0.2, 0.25) is 0 Å². The summed E-state index contributed by atoms with van der Waals surface area (Å²) in [5, 5.41) is 3.58. The molecule has 122 valence electrons. The van der Waals surface area contributed by atoms with Gasteiger partial charge in [0.1, 0.15) is 12.1 Å². The van der Waals surface area contributed by atoms with Crippen LogP contribution in [0.3, 0.4) is 0 Å². The number of rotatable bonds is 3. The maximum absolute atomic E-state index is 12.6. The van der Waals surface area contributed by atoms with Gasteiger partial charge in [-0.25, -0.2) is 14.8 Å². The Morgan fingerprint density at radius 1 is 1.35 bits per heavy atom. The van der Waals surface area contributed by atoms with Crippen molar-refractivity contribution in [2.24, 2.45) is 0 Å². The van der Waals surface area contributed by atoms with Gasteiger partial charge in [-0.05, 0) is 12.1 Å². The Hall–Kier alpha value is -2.38. The van der Waals surface area contributed by atoms with Crippen LogP contribution >= 0.6 is 0 Å². The number of methoxy groups -OCH3 is 1. The molecule has 1 aliphatic rings. The minimum absolute atomic E-state index is 0.145. The molecule has 2 aromatic rings. The summed E-state index contributed by atoms with van der Waals surface area (Å²) in [4.78, 5) is 16.9. The first-order valence-corrected chi connectivity index (χ1v) is 7.48. The molecule has 23 heavy (non-hydrogen) atoms. The average molecular weight is 316 g/mol. The van der Waals surface area contributed by atoms with Gasteiger partial charge < -0.3 is 9.47 Å². The number of hydrazine groups is 1. The molecule has 0 unspecified atom stereocenters. The second kappa shape index (κ2) is 6.80. The second-order valence-electron chi connectivity index (χ2n) is 5.27. The fourth-order valence-corrected chi connectivity index (χ4v) is 2.50. The van der Waals surface area contributed by atoms with Crippen LogP contribution in [0.15, 0.2) is 36.8 Å². The zero-order valence-corrected chi connectivity index (χ0v) is 13.3. The Bertz CT molecular complexity index is 679. The van der Waals surface area contributed by atoms with Crippen molar-refractivity contribution in [3.8, 4) is 17.0 Å². The summed E-state index contributed by atoms with van der Waals surface area (Å²) in [5.41, 5.74) is 1.64. The SMILES string of the molecule is COc1cccc(-c2cn(C(=O)N(C)N3CCOCC3)cn2)c1. The number of hydrogen-bond acceptors (Lipinski definition) is 5. The van der Waals surface area contributed by atoms with E-state index < -0.39 is 0 Å². The summed E-state index contributed by atoms with van der Waals surface area (Å²) in [6, 6.07) is 7.45. The van der Waals surface area contributed by atoms with E-state index in [9.17, 15) is 4.79 Å². The lowest BCUT2D eigenvalue weighted by molar-refractivity contribution is -0.0503. The second-order valence-corrected chi connectivity index (χ2v) is 5.27. The third-order valence-corrected chi connectivity index (χ3v) is 3.86. The molecule has 1 aliphatic heterocycles. The number of benzene rings is 1. The van der Waals surface area contributed by atoms with Crippen molar-refractivity contribution < 1.29 is 14.3 Å². The van der Waals surface area contributed by atoms with Crippen LogP contribution in [0.1, 0.15) is 0 Å². The van der Waals surface area contributed by atoms with Crippen molar-refractivity contribution in [2.45, 2.75) is 0 Å². The van der Waals surface area contributed by atoms with E-state index in [1.54, 1.807) is 25.4 Å². The Morgan fingerprint density at radius 2 is 2.13 bits per heavy atom. The Morgan fingerprint density at radius 3 is 2.87 bits per heavy atom. The summed E-state index contributed by atoms with van der Waals surface area (Å²) in [5.74, 6) is 0.758. The molecule has 0 bridgehead atoms. The van der Waals surface area contributed by atoms with E-state index in [-0.39, 0.29) is 6.03 Å². The lowest BCUT2D eigenvalue weighted by atomic mass is 10.1. The summed E-state index contributed by atoms with van der Waals surface area (Å²) < 4.78 is 12.0. The summed E-state index contributed by atoms with van der Waals surface area (Å²) >= 11 is 0. The summed E-state index contributed by atoms with van der Waals surface area (Å²) in [7, 11) is 3.39. The minimum Gasteiger partial charge on any atom is -0.497 e. The first kappa shape index (κ1) is 15.5. The maximum atomic E-state index is 12.6. The molecular formula is C16H20N4O3. The molecule has 0 atom stereocenters. The molecular weight excluding hydrogens is 296 g/mol. The Balaban J connectivity index is 1.76. The van der Waals surface area contributed by atoms with Gasteiger partial charge in [0, 0.05) is 31.9 Å². The van der Waals surface area contributed by atoms with Gasteiger partial charge in [0.05, 0.1) is 26.0 Å². The molecule has 0 N–H and O–H groups in total. The zero-order chi connectivity index (χ0) is 16.2. The number of imidazole rings is 1. The van der Waals surface area contributed by atoms with E-state index in [4.69, 9.17) is 9.47 Å². The van der Waals surface area contributed by atoms with E-state index in [0.717, 1.165) is 17.0 Å². The molecule has 1 saturated heterocycles. The van der Waals surface area contributed by atoms with Gasteiger partial charge in [0.15, 0.2) is 0 Å². The van der Waals surface area contributed by atoms with Crippen LogP contribution in [-0.4, -0.2) is 66.1 Å². The van der Waals surface area contributed by atoms with Gasteiger partial charge in [-0.15, -0.1) is 0 Å². The number of morpholine rings is 1. The highest BCUT2D eigenvalue weighted by atomic mass is 16.5. The van der Waals surface area contributed by atoms with Crippen molar-refractivity contribution in [1.29, 1.82) is 0 Å². The number of ether oxygens (including phenoxy) is 2. The van der Waals surface area contributed by atoms with E-state index in [0.29, 0.717) is 26.3 Å². The molecule has 7 nitrogen and oxygen atoms in total. The van der Waals surface area contributed by atoms with Gasteiger partial charge in [0.25, 0.3) is 0 Å². The summed E-state index contributed by atoms with van der Waals surface area (Å²) in [6.45, 7) is 2.69. The fraction of sp³-hybridized carbons (Fsp3) is 0.375. The first-order valence-electron chi connectivity index (χ1n) is 7.48. The van der Waals surface area contributed by atoms with Gasteiger partial charge in [-0.2, -0.15) is 0 Å². The van der Waals surface area contributed by atoms with Crippen molar-refractivity contribution >= 4 is 6.03 Å². The molecule has 1 aromatic heterocycles. The minimum atomic E-state index is -0.145. The normalized spacial score (nSPS) is 15.4. The number of amides is 1. The van der Waals surface area contributed by atoms with Crippen LogP contribution in [0.5, 0.6) is 5.75 Å². The number of hydrogen-bond donors (Lipinski definition) is 0. The number of nitrogens with zero attached hydrogens (tertiary/aromatic N) is 4. The van der Waals surface area contributed by atoms with Gasteiger partial charge in [-0.3, -0.25) is 9.58 Å². The van der Waals surface area contributed by atoms with E-state index in [1.165, 1.54) is 10.9 Å². The molecule has 0 aliphatic carbocycles. The van der Waals surface area contributed by atoms with Crippen LogP contribution in [0.2, 0.25) is 0 Å². The molecule has 0 spiro atoms. The first-order chi connectivity index (χ1) is 11.2. The van der Waals surface area contributed by atoms with Crippen LogP contribution in [-0.2, 0) is 4.74 Å². The molecule has 0 saturated carbocycles. The van der Waals surface area contributed by atoms with Crippen molar-refractivity contribution in [3.63, 3.8) is 0 Å². The van der Waals surface area contributed by atoms with Crippen molar-refractivity contribution in [2.75, 3.05) is 40.5 Å². The highest BCUT2D eigenvalue weighted by Gasteiger charge is 2.21. The smallest absolute Gasteiger partial charge is 0.343 e. The Labute approximate surface area is 135 Å². The van der Waals surface area contributed by atoms with E-state index in [1.807, 2.05) is 29.3 Å². The van der Waals surface area contributed by atoms with Crippen molar-refractivity contribution in [1.82, 2.24) is 19.6 Å². The number of carbonyl (C=O) groups is 1. The number of carbonyl (C=O) groups excluding carboxylic acids is 1. The molecule has 1 amide bonds. The van der Waals surface area contributed by atoms with Crippen LogP contribution in [0, 0.1) is 0 Å². The molecule has 3 rings (SSSR count). The third kappa shape index (κ3) is 3.35. The van der Waals surface area contributed by atoms with Crippen molar-refractivity contribution in [3.05, 3.63) is 36.8 Å². The van der Waals surface area contributed by atoms with E-state index >= 15 is 0 Å². The molecule has 0 radical (unpaired) electrons. The maximum Gasteiger partial charge on any atom is 0.343 e. The average Bonchev–Trinajstić information content (AvgIpc) is 3.11. The van der Waals surface area contributed by atoms with E-state index in [2.05, 4.69) is 4.98 Å². The quantitative estimate of drug-likeness (QED) is 0.863. The molecule has 7 heteroatoms. The Kier molecular flexibility index (Phi) is 4.59. The fourth-order valence-electron chi connectivity index (χ4n) is 2.50. The standard InChI is InChI=1S/C16H20N4O3/c1-18(20-6-8-23-9-7-20)16(21)19-11-15(17-12-19)13-4-3-5-14(10-13)22-2/h3-5,10-12H,6-9H2,1-2H3. The highest BCUT2D eigenvalue weighted by molar-refractivity contribution is 5.77. The van der Waals surface area contributed by atoms with Crippen LogP contribution in [0.4, 0.5) is 4.79 Å². The molecule has 1 fully saturated rings. The summed E-state index contributed by atoms with van der Waals surface area (Å²) in [6.07, 6.45) is 3.27.